The predicted molar refractivity (Wildman–Crippen MR) is 88.0 cm³/mol. The van der Waals surface area contributed by atoms with Gasteiger partial charge in [0, 0.05) is 18.5 Å². The number of ether oxygens (including phenoxy) is 1. The lowest BCUT2D eigenvalue weighted by Crippen LogP contribution is -2.32. The minimum absolute atomic E-state index is 0.242. The highest BCUT2D eigenvalue weighted by Crippen LogP contribution is 2.31. The normalized spacial score (nSPS) is 22.5. The van der Waals surface area contributed by atoms with E-state index < -0.39 is 9.84 Å². The molecular weight excluding hydrogens is 330 g/mol. The highest BCUT2D eigenvalue weighted by atomic mass is 35.5. The number of methoxy groups -OCH3 is 1. The van der Waals surface area contributed by atoms with E-state index in [9.17, 15) is 8.42 Å². The summed E-state index contributed by atoms with van der Waals surface area (Å²) in [7, 11) is -1.16. The molecule has 4 nitrogen and oxygen atoms in total. The van der Waals surface area contributed by atoms with E-state index >= 15 is 0 Å². The third-order valence-electron chi connectivity index (χ3n) is 3.92. The largest absolute Gasteiger partial charge is 0.383 e. The van der Waals surface area contributed by atoms with Crippen LogP contribution < -0.4 is 5.32 Å². The van der Waals surface area contributed by atoms with Gasteiger partial charge in [-0.15, -0.1) is 11.3 Å². The molecule has 1 fully saturated rings. The topological polar surface area (TPSA) is 55.4 Å². The quantitative estimate of drug-likeness (QED) is 0.730. The second kappa shape index (κ2) is 7.92. The van der Waals surface area contributed by atoms with Gasteiger partial charge in [-0.05, 0) is 43.4 Å². The molecule has 0 aliphatic carbocycles. The van der Waals surface area contributed by atoms with Crippen LogP contribution in [-0.4, -0.2) is 46.7 Å². The first-order chi connectivity index (χ1) is 10.00. The van der Waals surface area contributed by atoms with Crippen LogP contribution in [-0.2, 0) is 21.0 Å². The fraction of sp³-hybridized carbons (Fsp3) is 0.714. The summed E-state index contributed by atoms with van der Waals surface area (Å²) in [6, 6.07) is 3.95. The van der Waals surface area contributed by atoms with Crippen LogP contribution in [0.4, 0.5) is 0 Å². The Bertz CT molecular complexity index is 544. The molecule has 1 aromatic heterocycles. The van der Waals surface area contributed by atoms with E-state index in [1.165, 1.54) is 4.88 Å². The van der Waals surface area contributed by atoms with Crippen molar-refractivity contribution < 1.29 is 13.2 Å². The molecule has 7 heteroatoms. The summed E-state index contributed by atoms with van der Waals surface area (Å²) in [6.07, 6.45) is 1.66. The zero-order valence-corrected chi connectivity index (χ0v) is 14.6. The molecule has 0 aromatic carbocycles. The first-order valence-electron chi connectivity index (χ1n) is 7.14. The van der Waals surface area contributed by atoms with Crippen molar-refractivity contribution >= 4 is 32.8 Å². The van der Waals surface area contributed by atoms with Crippen molar-refractivity contribution in [2.45, 2.75) is 12.8 Å². The van der Waals surface area contributed by atoms with Crippen LogP contribution in [0.1, 0.15) is 11.3 Å². The molecule has 2 rings (SSSR count). The zero-order valence-electron chi connectivity index (χ0n) is 12.2. The van der Waals surface area contributed by atoms with Gasteiger partial charge in [-0.25, -0.2) is 8.42 Å². The molecule has 120 valence electrons. The molecule has 21 heavy (non-hydrogen) atoms. The predicted octanol–water partition coefficient (Wildman–Crippen LogP) is 2.23. The smallest absolute Gasteiger partial charge is 0.150 e. The number of halogens is 1. The first kappa shape index (κ1) is 17.2. The van der Waals surface area contributed by atoms with E-state index in [1.807, 2.05) is 12.1 Å². The SMILES string of the molecule is COCCNCC(Cc1ccc(Cl)s1)C1CCS(=O)(=O)C1. The Morgan fingerprint density at radius 2 is 2.33 bits per heavy atom. The summed E-state index contributed by atoms with van der Waals surface area (Å²) in [5, 5.41) is 3.37. The van der Waals surface area contributed by atoms with Crippen LogP contribution in [0.25, 0.3) is 0 Å². The molecule has 2 heterocycles. The molecule has 1 aromatic rings. The van der Waals surface area contributed by atoms with E-state index in [2.05, 4.69) is 5.32 Å². The number of hydrogen-bond acceptors (Lipinski definition) is 5. The molecule has 1 saturated heterocycles. The van der Waals surface area contributed by atoms with Gasteiger partial charge in [0.2, 0.25) is 0 Å². The minimum Gasteiger partial charge on any atom is -0.383 e. The standard InChI is InChI=1S/C14H22ClNO3S2/c1-19-6-5-16-9-12(8-13-2-3-14(15)20-13)11-4-7-21(17,18)10-11/h2-3,11-12,16H,4-10H2,1H3. The van der Waals surface area contributed by atoms with Gasteiger partial charge >= 0.3 is 0 Å². The Labute approximate surface area is 135 Å². The maximum absolute atomic E-state index is 11.7. The Morgan fingerprint density at radius 3 is 2.90 bits per heavy atom. The van der Waals surface area contributed by atoms with Crippen molar-refractivity contribution in [3.8, 4) is 0 Å². The van der Waals surface area contributed by atoms with E-state index in [4.69, 9.17) is 16.3 Å². The fourth-order valence-corrected chi connectivity index (χ4v) is 5.88. The number of sulfone groups is 1. The second-order valence-electron chi connectivity index (χ2n) is 5.53. The van der Waals surface area contributed by atoms with Crippen LogP contribution in [0, 0.1) is 11.8 Å². The maximum Gasteiger partial charge on any atom is 0.150 e. The van der Waals surface area contributed by atoms with Crippen molar-refractivity contribution in [3.05, 3.63) is 21.3 Å². The van der Waals surface area contributed by atoms with Gasteiger partial charge in [0.1, 0.15) is 0 Å². The first-order valence-corrected chi connectivity index (χ1v) is 10.2. The summed E-state index contributed by atoms with van der Waals surface area (Å²) in [5.41, 5.74) is 0. The maximum atomic E-state index is 11.7. The lowest BCUT2D eigenvalue weighted by Gasteiger charge is -2.22. The summed E-state index contributed by atoms with van der Waals surface area (Å²) in [4.78, 5) is 1.22. The van der Waals surface area contributed by atoms with Gasteiger partial charge in [0.25, 0.3) is 0 Å². The van der Waals surface area contributed by atoms with Crippen LogP contribution in [0.15, 0.2) is 12.1 Å². The minimum atomic E-state index is -2.84. The Kier molecular flexibility index (Phi) is 6.50. The van der Waals surface area contributed by atoms with Gasteiger partial charge in [-0.2, -0.15) is 0 Å². The van der Waals surface area contributed by atoms with Crippen molar-refractivity contribution in [1.82, 2.24) is 5.32 Å². The molecule has 1 aliphatic rings. The number of nitrogens with one attached hydrogen (secondary N) is 1. The monoisotopic (exact) mass is 351 g/mol. The van der Waals surface area contributed by atoms with Crippen LogP contribution in [0.2, 0.25) is 4.34 Å². The average molecular weight is 352 g/mol. The Morgan fingerprint density at radius 1 is 1.52 bits per heavy atom. The second-order valence-corrected chi connectivity index (χ2v) is 9.56. The van der Waals surface area contributed by atoms with Gasteiger partial charge in [0.05, 0.1) is 22.4 Å². The molecule has 2 atom stereocenters. The third kappa shape index (κ3) is 5.53. The van der Waals surface area contributed by atoms with Gasteiger partial charge in [0.15, 0.2) is 9.84 Å². The highest BCUT2D eigenvalue weighted by Gasteiger charge is 2.33. The zero-order chi connectivity index (χ0) is 15.3. The number of thiophene rings is 1. The lowest BCUT2D eigenvalue weighted by atomic mass is 9.88. The van der Waals surface area contributed by atoms with Crippen molar-refractivity contribution in [1.29, 1.82) is 0 Å². The number of rotatable bonds is 8. The molecule has 2 unspecified atom stereocenters. The Hall–Kier alpha value is -0.140. The summed E-state index contributed by atoms with van der Waals surface area (Å²) < 4.78 is 29.3. The Balaban J connectivity index is 1.96. The summed E-state index contributed by atoms with van der Waals surface area (Å²) >= 11 is 7.57. The van der Waals surface area contributed by atoms with E-state index in [0.29, 0.717) is 24.0 Å². The molecule has 0 spiro atoms. The highest BCUT2D eigenvalue weighted by molar-refractivity contribution is 7.91. The van der Waals surface area contributed by atoms with Crippen LogP contribution in [0.5, 0.6) is 0 Å². The van der Waals surface area contributed by atoms with Crippen molar-refractivity contribution in [3.63, 3.8) is 0 Å². The summed E-state index contributed by atoms with van der Waals surface area (Å²) in [6.45, 7) is 2.28. The molecule has 0 saturated carbocycles. The molecule has 0 radical (unpaired) electrons. The van der Waals surface area contributed by atoms with Crippen LogP contribution >= 0.6 is 22.9 Å². The van der Waals surface area contributed by atoms with Gasteiger partial charge in [-0.1, -0.05) is 11.6 Å². The van der Waals surface area contributed by atoms with Crippen LogP contribution in [0.3, 0.4) is 0 Å². The molecule has 1 aliphatic heterocycles. The molecule has 1 N–H and O–H groups in total. The average Bonchev–Trinajstić information content (AvgIpc) is 2.99. The third-order valence-corrected chi connectivity index (χ3v) is 6.96. The fourth-order valence-electron chi connectivity index (χ4n) is 2.78. The molecular formula is C14H22ClNO3S2. The van der Waals surface area contributed by atoms with E-state index in [0.717, 1.165) is 30.3 Å². The van der Waals surface area contributed by atoms with Gasteiger partial charge in [-0.3, -0.25) is 0 Å². The van der Waals surface area contributed by atoms with E-state index in [1.54, 1.807) is 18.4 Å². The van der Waals surface area contributed by atoms with Crippen molar-refractivity contribution in [2.24, 2.45) is 11.8 Å². The molecule has 0 amide bonds. The van der Waals surface area contributed by atoms with Crippen molar-refractivity contribution in [2.75, 3.05) is 38.3 Å². The van der Waals surface area contributed by atoms with Gasteiger partial charge < -0.3 is 10.1 Å². The summed E-state index contributed by atoms with van der Waals surface area (Å²) in [5.74, 6) is 1.22. The van der Waals surface area contributed by atoms with E-state index in [-0.39, 0.29) is 5.92 Å². The molecule has 0 bridgehead atoms. The number of hydrogen-bond donors (Lipinski definition) is 1. The lowest BCUT2D eigenvalue weighted by molar-refractivity contribution is 0.195.